The number of aliphatic hydroxyl groups excluding tert-OH is 2. The first kappa shape index (κ1) is 14.1. The minimum absolute atomic E-state index is 0.0702. The van der Waals surface area contributed by atoms with Crippen molar-refractivity contribution in [3.8, 4) is 0 Å². The van der Waals surface area contributed by atoms with E-state index in [0.717, 1.165) is 18.2 Å². The lowest BCUT2D eigenvalue weighted by Gasteiger charge is -2.30. The molecule has 0 fully saturated rings. The summed E-state index contributed by atoms with van der Waals surface area (Å²) >= 11 is 0. The number of benzene rings is 1. The Morgan fingerprint density at radius 1 is 1.18 bits per heavy atom. The smallest absolute Gasteiger partial charge is 0.126 e. The molecule has 0 saturated carbocycles. The molecule has 0 bridgehead atoms. The Hall–Kier alpha value is -1.00. The lowest BCUT2D eigenvalue weighted by atomic mass is 9.84. The van der Waals surface area contributed by atoms with Crippen molar-refractivity contribution in [3.63, 3.8) is 0 Å². The van der Waals surface area contributed by atoms with Gasteiger partial charge in [-0.3, -0.25) is 0 Å². The Bertz CT molecular complexity index is 385. The van der Waals surface area contributed by atoms with E-state index in [4.69, 9.17) is 0 Å². The SMILES string of the molecule is CC(C)(C)C(O)C(O)Cc1cc(F)ccc1F. The third-order valence-corrected chi connectivity index (χ3v) is 2.69. The molecule has 0 aliphatic heterocycles. The van der Waals surface area contributed by atoms with Crippen LogP contribution in [-0.4, -0.2) is 22.4 Å². The molecule has 0 aromatic heterocycles. The Balaban J connectivity index is 2.81. The third kappa shape index (κ3) is 3.75. The van der Waals surface area contributed by atoms with Crippen molar-refractivity contribution in [3.05, 3.63) is 35.4 Å². The average Bonchev–Trinajstić information content (AvgIpc) is 2.21. The van der Waals surface area contributed by atoms with Crippen molar-refractivity contribution in [2.24, 2.45) is 5.41 Å². The molecule has 17 heavy (non-hydrogen) atoms. The molecular weight excluding hydrogens is 226 g/mol. The highest BCUT2D eigenvalue weighted by molar-refractivity contribution is 5.19. The summed E-state index contributed by atoms with van der Waals surface area (Å²) in [6.45, 7) is 5.30. The minimum atomic E-state index is -1.12. The molecule has 0 aliphatic carbocycles. The van der Waals surface area contributed by atoms with Crippen molar-refractivity contribution in [2.75, 3.05) is 0 Å². The maximum Gasteiger partial charge on any atom is 0.126 e. The lowest BCUT2D eigenvalue weighted by molar-refractivity contribution is -0.0437. The maximum atomic E-state index is 13.3. The van der Waals surface area contributed by atoms with Gasteiger partial charge in [-0.2, -0.15) is 0 Å². The molecule has 1 aromatic carbocycles. The topological polar surface area (TPSA) is 40.5 Å². The van der Waals surface area contributed by atoms with E-state index in [2.05, 4.69) is 0 Å². The summed E-state index contributed by atoms with van der Waals surface area (Å²) in [4.78, 5) is 0. The van der Waals surface area contributed by atoms with Crippen LogP contribution in [0.4, 0.5) is 8.78 Å². The molecular formula is C13H18F2O2. The van der Waals surface area contributed by atoms with Gasteiger partial charge in [0.2, 0.25) is 0 Å². The standard InChI is InChI=1S/C13H18F2O2/c1-13(2,3)12(17)11(16)7-8-6-9(14)4-5-10(8)15/h4-6,11-12,16-17H,7H2,1-3H3. The fourth-order valence-electron chi connectivity index (χ4n) is 1.61. The first-order chi connectivity index (χ1) is 7.71. The van der Waals surface area contributed by atoms with Crippen LogP contribution in [0.3, 0.4) is 0 Å². The monoisotopic (exact) mass is 244 g/mol. The molecule has 1 aromatic rings. The van der Waals surface area contributed by atoms with Crippen molar-refractivity contribution in [2.45, 2.75) is 39.4 Å². The molecule has 1 rings (SSSR count). The van der Waals surface area contributed by atoms with Crippen molar-refractivity contribution in [1.82, 2.24) is 0 Å². The van der Waals surface area contributed by atoms with E-state index in [1.165, 1.54) is 0 Å². The second-order valence-corrected chi connectivity index (χ2v) is 5.32. The summed E-state index contributed by atoms with van der Waals surface area (Å²) in [5.41, 5.74) is -0.441. The highest BCUT2D eigenvalue weighted by atomic mass is 19.1. The third-order valence-electron chi connectivity index (χ3n) is 2.69. The van der Waals surface area contributed by atoms with E-state index in [-0.39, 0.29) is 12.0 Å². The van der Waals surface area contributed by atoms with E-state index >= 15 is 0 Å². The van der Waals surface area contributed by atoms with Crippen molar-refractivity contribution >= 4 is 0 Å². The van der Waals surface area contributed by atoms with Crippen LogP contribution in [-0.2, 0) is 6.42 Å². The minimum Gasteiger partial charge on any atom is -0.390 e. The van der Waals surface area contributed by atoms with Crippen LogP contribution in [0.2, 0.25) is 0 Å². The van der Waals surface area contributed by atoms with Gasteiger partial charge in [-0.25, -0.2) is 8.78 Å². The summed E-state index contributed by atoms with van der Waals surface area (Å²) in [5.74, 6) is -1.13. The van der Waals surface area contributed by atoms with Crippen LogP contribution < -0.4 is 0 Å². The van der Waals surface area contributed by atoms with Crippen LogP contribution in [0.15, 0.2) is 18.2 Å². The van der Waals surface area contributed by atoms with E-state index < -0.39 is 29.3 Å². The molecule has 2 nitrogen and oxygen atoms in total. The highest BCUT2D eigenvalue weighted by Crippen LogP contribution is 2.24. The Kier molecular flexibility index (Phi) is 4.22. The second-order valence-electron chi connectivity index (χ2n) is 5.32. The number of rotatable bonds is 3. The molecule has 0 amide bonds. The van der Waals surface area contributed by atoms with Gasteiger partial charge in [0.25, 0.3) is 0 Å². The zero-order valence-electron chi connectivity index (χ0n) is 10.2. The number of halogens is 2. The Morgan fingerprint density at radius 2 is 1.76 bits per heavy atom. The van der Waals surface area contributed by atoms with Gasteiger partial charge in [0.15, 0.2) is 0 Å². The molecule has 0 aliphatic rings. The number of hydrogen-bond donors (Lipinski definition) is 2. The van der Waals surface area contributed by atoms with Gasteiger partial charge < -0.3 is 10.2 Å². The predicted molar refractivity (Wildman–Crippen MR) is 61.5 cm³/mol. The Morgan fingerprint density at radius 3 is 2.29 bits per heavy atom. The molecule has 96 valence electrons. The molecule has 2 unspecified atom stereocenters. The number of hydrogen-bond acceptors (Lipinski definition) is 2. The zero-order valence-corrected chi connectivity index (χ0v) is 10.2. The van der Waals surface area contributed by atoms with Gasteiger partial charge >= 0.3 is 0 Å². The lowest BCUT2D eigenvalue weighted by Crippen LogP contribution is -2.39. The average molecular weight is 244 g/mol. The summed E-state index contributed by atoms with van der Waals surface area (Å²) < 4.78 is 26.3. The van der Waals surface area contributed by atoms with Crippen LogP contribution in [0.1, 0.15) is 26.3 Å². The quantitative estimate of drug-likeness (QED) is 0.856. The van der Waals surface area contributed by atoms with Gasteiger partial charge in [-0.05, 0) is 29.2 Å². The van der Waals surface area contributed by atoms with Crippen LogP contribution in [0.25, 0.3) is 0 Å². The van der Waals surface area contributed by atoms with E-state index in [9.17, 15) is 19.0 Å². The van der Waals surface area contributed by atoms with Gasteiger partial charge in [-0.1, -0.05) is 20.8 Å². The Labute approximate surface area is 99.9 Å². The van der Waals surface area contributed by atoms with Crippen molar-refractivity contribution in [1.29, 1.82) is 0 Å². The van der Waals surface area contributed by atoms with Gasteiger partial charge in [0, 0.05) is 6.42 Å². The fourth-order valence-corrected chi connectivity index (χ4v) is 1.61. The first-order valence-corrected chi connectivity index (χ1v) is 5.52. The summed E-state index contributed by atoms with van der Waals surface area (Å²) in [6.07, 6.45) is -2.22. The summed E-state index contributed by atoms with van der Waals surface area (Å²) in [5, 5.41) is 19.6. The molecule has 0 radical (unpaired) electrons. The van der Waals surface area contributed by atoms with Crippen LogP contribution in [0.5, 0.6) is 0 Å². The van der Waals surface area contributed by atoms with E-state index in [1.807, 2.05) is 0 Å². The molecule has 2 atom stereocenters. The second kappa shape index (κ2) is 5.10. The van der Waals surface area contributed by atoms with Gasteiger partial charge in [0.05, 0.1) is 12.2 Å². The molecule has 0 saturated heterocycles. The fraction of sp³-hybridized carbons (Fsp3) is 0.538. The van der Waals surface area contributed by atoms with Crippen molar-refractivity contribution < 1.29 is 19.0 Å². The van der Waals surface area contributed by atoms with E-state index in [0.29, 0.717) is 0 Å². The largest absolute Gasteiger partial charge is 0.390 e. The van der Waals surface area contributed by atoms with Gasteiger partial charge in [-0.15, -0.1) is 0 Å². The zero-order chi connectivity index (χ0) is 13.2. The molecule has 2 N–H and O–H groups in total. The summed E-state index contributed by atoms with van der Waals surface area (Å²) in [6, 6.07) is 3.07. The van der Waals surface area contributed by atoms with E-state index in [1.54, 1.807) is 20.8 Å². The molecule has 0 heterocycles. The molecule has 0 spiro atoms. The summed E-state index contributed by atoms with van der Waals surface area (Å²) in [7, 11) is 0. The maximum absolute atomic E-state index is 13.3. The van der Waals surface area contributed by atoms with Crippen LogP contribution >= 0.6 is 0 Å². The normalized spacial score (nSPS) is 15.7. The van der Waals surface area contributed by atoms with Crippen LogP contribution in [0, 0.1) is 17.0 Å². The highest BCUT2D eigenvalue weighted by Gasteiger charge is 2.29. The number of aliphatic hydroxyl groups is 2. The predicted octanol–water partition coefficient (Wildman–Crippen LogP) is 2.28. The van der Waals surface area contributed by atoms with Gasteiger partial charge in [0.1, 0.15) is 11.6 Å². The molecule has 4 heteroatoms. The first-order valence-electron chi connectivity index (χ1n) is 5.52.